The molecule has 1 spiro atoms. The van der Waals surface area contributed by atoms with E-state index >= 15 is 0 Å². The number of carbonyl (C=O) groups excluding carboxylic acids is 1. The minimum absolute atomic E-state index is 0.162. The fourth-order valence-electron chi connectivity index (χ4n) is 3.97. The number of hydrogen-bond donors (Lipinski definition) is 1. The number of halogens is 1. The summed E-state index contributed by atoms with van der Waals surface area (Å²) in [5.41, 5.74) is 0.830. The SMILES string of the molecule is CCCCc1nc(Cl)c(CN2CC[C@]3(CCCN(C)C3=O)C2)[nH]1. The van der Waals surface area contributed by atoms with Crippen molar-refractivity contribution in [1.29, 1.82) is 0 Å². The Morgan fingerprint density at radius 1 is 1.35 bits per heavy atom. The Labute approximate surface area is 143 Å². The monoisotopic (exact) mass is 338 g/mol. The van der Waals surface area contributed by atoms with Gasteiger partial charge < -0.3 is 9.88 Å². The fraction of sp³-hybridized carbons (Fsp3) is 0.765. The van der Waals surface area contributed by atoms with Crippen LogP contribution in [0, 0.1) is 5.41 Å². The van der Waals surface area contributed by atoms with Crippen LogP contribution in [-0.2, 0) is 17.8 Å². The number of imidazole rings is 1. The summed E-state index contributed by atoms with van der Waals surface area (Å²) in [5.74, 6) is 1.31. The van der Waals surface area contributed by atoms with Crippen molar-refractivity contribution in [1.82, 2.24) is 19.8 Å². The van der Waals surface area contributed by atoms with Crippen LogP contribution in [0.4, 0.5) is 0 Å². The van der Waals surface area contributed by atoms with E-state index in [9.17, 15) is 4.79 Å². The first-order chi connectivity index (χ1) is 11.0. The number of unbranched alkanes of at least 4 members (excludes halogenated alkanes) is 1. The van der Waals surface area contributed by atoms with E-state index in [1.807, 2.05) is 11.9 Å². The number of likely N-dealkylation sites (tertiary alicyclic amines) is 2. The third kappa shape index (κ3) is 3.41. The predicted molar refractivity (Wildman–Crippen MR) is 91.4 cm³/mol. The van der Waals surface area contributed by atoms with Crippen LogP contribution in [0.25, 0.3) is 0 Å². The average Bonchev–Trinajstić information content (AvgIpc) is 3.08. The van der Waals surface area contributed by atoms with Crippen LogP contribution in [0.15, 0.2) is 0 Å². The summed E-state index contributed by atoms with van der Waals surface area (Å²) in [7, 11) is 1.93. The molecule has 3 heterocycles. The molecule has 0 radical (unpaired) electrons. The summed E-state index contributed by atoms with van der Waals surface area (Å²) in [6, 6.07) is 0. The molecule has 0 aliphatic carbocycles. The molecule has 3 rings (SSSR count). The van der Waals surface area contributed by atoms with E-state index in [2.05, 4.69) is 21.8 Å². The summed E-state index contributed by atoms with van der Waals surface area (Å²) in [6.45, 7) is 5.63. The van der Waals surface area contributed by atoms with Crippen molar-refractivity contribution in [3.05, 3.63) is 16.7 Å². The van der Waals surface area contributed by atoms with Crippen LogP contribution < -0.4 is 0 Å². The molecule has 5 nitrogen and oxygen atoms in total. The second-order valence-electron chi connectivity index (χ2n) is 7.13. The summed E-state index contributed by atoms with van der Waals surface area (Å²) in [4.78, 5) is 24.6. The highest BCUT2D eigenvalue weighted by molar-refractivity contribution is 6.30. The first-order valence-electron chi connectivity index (χ1n) is 8.75. The Morgan fingerprint density at radius 2 is 2.17 bits per heavy atom. The van der Waals surface area contributed by atoms with Gasteiger partial charge in [-0.1, -0.05) is 24.9 Å². The van der Waals surface area contributed by atoms with E-state index in [4.69, 9.17) is 11.6 Å². The molecule has 2 saturated heterocycles. The van der Waals surface area contributed by atoms with Crippen molar-refractivity contribution >= 4 is 17.5 Å². The van der Waals surface area contributed by atoms with Crippen LogP contribution in [-0.4, -0.2) is 52.4 Å². The highest BCUT2D eigenvalue weighted by Gasteiger charge is 2.47. The highest BCUT2D eigenvalue weighted by atomic mass is 35.5. The van der Waals surface area contributed by atoms with E-state index in [1.54, 1.807) is 0 Å². The van der Waals surface area contributed by atoms with Gasteiger partial charge in [0.2, 0.25) is 5.91 Å². The molecule has 2 aliphatic rings. The molecular weight excluding hydrogens is 312 g/mol. The molecule has 2 fully saturated rings. The van der Waals surface area contributed by atoms with E-state index in [1.165, 1.54) is 0 Å². The number of hydrogen-bond acceptors (Lipinski definition) is 3. The Balaban J connectivity index is 1.64. The second kappa shape index (κ2) is 6.81. The molecule has 1 aromatic rings. The Bertz CT molecular complexity index is 573. The number of aromatic amines is 1. The third-order valence-corrected chi connectivity index (χ3v) is 5.62. The fourth-order valence-corrected chi connectivity index (χ4v) is 4.18. The number of aromatic nitrogens is 2. The number of aryl methyl sites for hydroxylation is 1. The van der Waals surface area contributed by atoms with Gasteiger partial charge in [0.15, 0.2) is 5.15 Å². The summed E-state index contributed by atoms with van der Waals surface area (Å²) >= 11 is 6.29. The molecule has 2 aliphatic heterocycles. The lowest BCUT2D eigenvalue weighted by molar-refractivity contribution is -0.143. The van der Waals surface area contributed by atoms with Crippen LogP contribution in [0.5, 0.6) is 0 Å². The van der Waals surface area contributed by atoms with Crippen LogP contribution in [0.3, 0.4) is 0 Å². The quantitative estimate of drug-likeness (QED) is 0.898. The third-order valence-electron chi connectivity index (χ3n) is 5.31. The average molecular weight is 339 g/mol. The van der Waals surface area contributed by atoms with Crippen molar-refractivity contribution in [3.63, 3.8) is 0 Å². The van der Waals surface area contributed by atoms with Gasteiger partial charge in [0.05, 0.1) is 11.1 Å². The zero-order valence-electron chi connectivity index (χ0n) is 14.2. The van der Waals surface area contributed by atoms with E-state index in [-0.39, 0.29) is 5.41 Å². The molecule has 0 bridgehead atoms. The molecule has 6 heteroatoms. The Kier molecular flexibility index (Phi) is 4.97. The molecule has 0 unspecified atom stereocenters. The normalized spacial score (nSPS) is 25.7. The Hall–Kier alpha value is -1.07. The molecule has 1 amide bonds. The molecular formula is C17H27ClN4O. The summed E-state index contributed by atoms with van der Waals surface area (Å²) in [5, 5.41) is 0.587. The van der Waals surface area contributed by atoms with Gasteiger partial charge in [-0.25, -0.2) is 4.98 Å². The van der Waals surface area contributed by atoms with Gasteiger partial charge in [-0.15, -0.1) is 0 Å². The lowest BCUT2D eigenvalue weighted by Gasteiger charge is -2.37. The lowest BCUT2D eigenvalue weighted by Crippen LogP contribution is -2.48. The van der Waals surface area contributed by atoms with Crippen molar-refractivity contribution in [3.8, 4) is 0 Å². The topological polar surface area (TPSA) is 52.2 Å². The standard InChI is InChI=1S/C17H27ClN4O/c1-3-4-6-14-19-13(15(18)20-14)11-22-10-8-17(12-22)7-5-9-21(2)16(17)23/h3-12H2,1-2H3,(H,19,20)/t17-/m1/s1. The maximum atomic E-state index is 12.6. The summed E-state index contributed by atoms with van der Waals surface area (Å²) in [6.07, 6.45) is 6.32. The van der Waals surface area contributed by atoms with Gasteiger partial charge in [0.25, 0.3) is 0 Å². The van der Waals surface area contributed by atoms with Crippen molar-refractivity contribution in [2.75, 3.05) is 26.7 Å². The first kappa shape index (κ1) is 16.8. The van der Waals surface area contributed by atoms with E-state index < -0.39 is 0 Å². The predicted octanol–water partition coefficient (Wildman–Crippen LogP) is 2.85. The van der Waals surface area contributed by atoms with Gasteiger partial charge in [-0.05, 0) is 32.2 Å². The Morgan fingerprint density at radius 3 is 2.96 bits per heavy atom. The number of piperidine rings is 1. The maximum absolute atomic E-state index is 12.6. The summed E-state index contributed by atoms with van der Waals surface area (Å²) < 4.78 is 0. The zero-order chi connectivity index (χ0) is 16.4. The van der Waals surface area contributed by atoms with Gasteiger partial charge >= 0.3 is 0 Å². The molecule has 1 N–H and O–H groups in total. The molecule has 1 atom stereocenters. The number of amides is 1. The van der Waals surface area contributed by atoms with Gasteiger partial charge in [0, 0.05) is 33.1 Å². The van der Waals surface area contributed by atoms with Crippen molar-refractivity contribution in [2.45, 2.75) is 52.0 Å². The van der Waals surface area contributed by atoms with Crippen LogP contribution >= 0.6 is 11.6 Å². The lowest BCUT2D eigenvalue weighted by atomic mass is 9.78. The zero-order valence-corrected chi connectivity index (χ0v) is 15.0. The molecule has 1 aromatic heterocycles. The molecule has 23 heavy (non-hydrogen) atoms. The van der Waals surface area contributed by atoms with Gasteiger partial charge in [-0.3, -0.25) is 9.69 Å². The van der Waals surface area contributed by atoms with E-state index in [0.717, 1.165) is 76.2 Å². The second-order valence-corrected chi connectivity index (χ2v) is 7.49. The maximum Gasteiger partial charge on any atom is 0.229 e. The van der Waals surface area contributed by atoms with Gasteiger partial charge in [-0.2, -0.15) is 0 Å². The molecule has 0 aromatic carbocycles. The number of carbonyl (C=O) groups is 1. The first-order valence-corrected chi connectivity index (χ1v) is 9.13. The number of rotatable bonds is 5. The van der Waals surface area contributed by atoms with Crippen molar-refractivity contribution < 1.29 is 4.79 Å². The van der Waals surface area contributed by atoms with Crippen LogP contribution in [0.2, 0.25) is 5.15 Å². The van der Waals surface area contributed by atoms with E-state index in [0.29, 0.717) is 11.1 Å². The van der Waals surface area contributed by atoms with Gasteiger partial charge in [0.1, 0.15) is 5.82 Å². The number of nitrogens with zero attached hydrogens (tertiary/aromatic N) is 3. The molecule has 0 saturated carbocycles. The minimum Gasteiger partial charge on any atom is -0.345 e. The number of H-pyrrole nitrogens is 1. The van der Waals surface area contributed by atoms with Crippen LogP contribution in [0.1, 0.15) is 50.5 Å². The minimum atomic E-state index is -0.162. The smallest absolute Gasteiger partial charge is 0.229 e. The van der Waals surface area contributed by atoms with Crippen molar-refractivity contribution in [2.24, 2.45) is 5.41 Å². The largest absolute Gasteiger partial charge is 0.345 e. The number of nitrogens with one attached hydrogen (secondary N) is 1. The highest BCUT2D eigenvalue weighted by Crippen LogP contribution is 2.40. The molecule has 128 valence electrons.